The number of unbranched alkanes of at least 4 members (excludes halogenated alkanes) is 1. The second-order valence-electron chi connectivity index (χ2n) is 8.81. The number of nitrogens with one attached hydrogen (secondary N) is 2. The van der Waals surface area contributed by atoms with Crippen molar-refractivity contribution in [1.82, 2.24) is 10.6 Å². The fourth-order valence-corrected chi connectivity index (χ4v) is 5.57. The highest BCUT2D eigenvalue weighted by Gasteiger charge is 2.32. The van der Waals surface area contributed by atoms with E-state index in [1.807, 2.05) is 18.4 Å². The zero-order chi connectivity index (χ0) is 23.7. The molecule has 3 rings (SSSR count). The maximum absolute atomic E-state index is 5.30. The van der Waals surface area contributed by atoms with Crippen molar-refractivity contribution in [3.63, 3.8) is 0 Å². The van der Waals surface area contributed by atoms with Gasteiger partial charge in [-0.25, -0.2) is 0 Å². The van der Waals surface area contributed by atoms with Crippen LogP contribution in [-0.4, -0.2) is 38.7 Å². The van der Waals surface area contributed by atoms with E-state index in [0.717, 1.165) is 49.6 Å². The number of rotatable bonds is 10. The number of likely N-dealkylation sites (N-methyl/N-ethyl adjacent to an activating group) is 1. The predicted molar refractivity (Wildman–Crippen MR) is 143 cm³/mol. The Hall–Kier alpha value is -2.08. The second-order valence-corrected chi connectivity index (χ2v) is 10.1. The zero-order valence-corrected chi connectivity index (χ0v) is 21.4. The van der Waals surface area contributed by atoms with Crippen LogP contribution in [0.15, 0.2) is 28.8 Å². The summed E-state index contributed by atoms with van der Waals surface area (Å²) in [6.07, 6.45) is 8.19. The monoisotopic (exact) mass is 457 g/mol. The summed E-state index contributed by atoms with van der Waals surface area (Å²) in [6, 6.07) is 0.0440. The number of aliphatic imine (C=N–C) groups is 2. The van der Waals surface area contributed by atoms with Gasteiger partial charge in [0.15, 0.2) is 0 Å². The van der Waals surface area contributed by atoms with E-state index < -0.39 is 0 Å². The molecule has 32 heavy (non-hydrogen) atoms. The lowest BCUT2D eigenvalue weighted by atomic mass is 9.81. The Morgan fingerprint density at radius 2 is 1.94 bits per heavy atom. The molecule has 0 radical (unpaired) electrons. The Balaban J connectivity index is 0.000000520. The summed E-state index contributed by atoms with van der Waals surface area (Å²) in [5.74, 6) is 2.09. The number of allylic oxidation sites excluding steroid dienone is 1. The van der Waals surface area contributed by atoms with Crippen LogP contribution in [0.4, 0.5) is 0 Å². The van der Waals surface area contributed by atoms with Gasteiger partial charge in [0.1, 0.15) is 11.9 Å². The minimum atomic E-state index is 0.0440. The van der Waals surface area contributed by atoms with E-state index >= 15 is 0 Å². The van der Waals surface area contributed by atoms with Gasteiger partial charge in [-0.15, -0.1) is 11.3 Å². The van der Waals surface area contributed by atoms with Crippen molar-refractivity contribution < 1.29 is 0 Å². The SMILES string of the molecule is C=C(N)C1CC1.C=NC(C(=NC)NCC)C1CCc2sc(C)c(C(=C)NCCCC)c2C1. The average Bonchev–Trinajstić information content (AvgIpc) is 3.57. The molecule has 2 atom stereocenters. The molecule has 4 N–H and O–H groups in total. The third-order valence-electron chi connectivity index (χ3n) is 6.27. The third-order valence-corrected chi connectivity index (χ3v) is 7.48. The summed E-state index contributed by atoms with van der Waals surface area (Å²) < 4.78 is 0. The molecule has 0 amide bonds. The topological polar surface area (TPSA) is 74.8 Å². The maximum atomic E-state index is 5.30. The van der Waals surface area contributed by atoms with Gasteiger partial charge in [-0.1, -0.05) is 26.5 Å². The Morgan fingerprint density at radius 1 is 1.22 bits per heavy atom. The van der Waals surface area contributed by atoms with Crippen molar-refractivity contribution in [2.45, 2.75) is 71.8 Å². The van der Waals surface area contributed by atoms with Crippen LogP contribution in [0.3, 0.4) is 0 Å². The minimum Gasteiger partial charge on any atom is -0.402 e. The summed E-state index contributed by atoms with van der Waals surface area (Å²) in [5.41, 5.74) is 10.1. The molecular formula is C26H43N5S. The number of fused-ring (bicyclic) bond motifs is 1. The van der Waals surface area contributed by atoms with Gasteiger partial charge in [0.25, 0.3) is 0 Å². The minimum absolute atomic E-state index is 0.0440. The van der Waals surface area contributed by atoms with Crippen molar-refractivity contribution >= 4 is 29.6 Å². The van der Waals surface area contributed by atoms with Gasteiger partial charge in [0.05, 0.1) is 0 Å². The predicted octanol–water partition coefficient (Wildman–Crippen LogP) is 5.10. The smallest absolute Gasteiger partial charge is 0.121 e. The van der Waals surface area contributed by atoms with E-state index in [0.29, 0.717) is 11.8 Å². The zero-order valence-electron chi connectivity index (χ0n) is 20.6. The molecule has 0 bridgehead atoms. The Morgan fingerprint density at radius 3 is 2.44 bits per heavy atom. The second kappa shape index (κ2) is 12.8. The van der Waals surface area contributed by atoms with Crippen molar-refractivity contribution in [2.24, 2.45) is 27.6 Å². The molecule has 0 saturated heterocycles. The molecule has 0 aromatic carbocycles. The lowest BCUT2D eigenvalue weighted by Gasteiger charge is -2.29. The first-order chi connectivity index (χ1) is 15.4. The average molecular weight is 458 g/mol. The van der Waals surface area contributed by atoms with E-state index in [1.54, 1.807) is 0 Å². The highest BCUT2D eigenvalue weighted by molar-refractivity contribution is 7.12. The molecule has 1 saturated carbocycles. The Kier molecular flexibility index (Phi) is 10.5. The molecule has 2 aliphatic carbocycles. The van der Waals surface area contributed by atoms with Gasteiger partial charge in [-0.05, 0) is 76.5 Å². The highest BCUT2D eigenvalue weighted by Crippen LogP contribution is 2.40. The van der Waals surface area contributed by atoms with E-state index in [4.69, 9.17) is 5.73 Å². The number of nitrogens with two attached hydrogens (primary N) is 1. The number of thiophene rings is 1. The molecular weight excluding hydrogens is 414 g/mol. The largest absolute Gasteiger partial charge is 0.402 e. The summed E-state index contributed by atoms with van der Waals surface area (Å²) in [5, 5.41) is 6.90. The maximum Gasteiger partial charge on any atom is 0.121 e. The van der Waals surface area contributed by atoms with Crippen LogP contribution < -0.4 is 16.4 Å². The summed E-state index contributed by atoms with van der Waals surface area (Å²) in [4.78, 5) is 11.8. The summed E-state index contributed by atoms with van der Waals surface area (Å²) in [7, 11) is 1.84. The molecule has 0 spiro atoms. The number of hydrogen-bond donors (Lipinski definition) is 3. The van der Waals surface area contributed by atoms with Crippen LogP contribution in [-0.2, 0) is 12.8 Å². The number of aryl methyl sites for hydroxylation is 2. The van der Waals surface area contributed by atoms with Crippen LogP contribution in [0.5, 0.6) is 0 Å². The van der Waals surface area contributed by atoms with Crippen molar-refractivity contribution in [1.29, 1.82) is 0 Å². The van der Waals surface area contributed by atoms with Crippen LogP contribution in [0.25, 0.3) is 5.70 Å². The fourth-order valence-electron chi connectivity index (χ4n) is 4.33. The summed E-state index contributed by atoms with van der Waals surface area (Å²) >= 11 is 1.94. The number of nitrogens with zero attached hydrogens (tertiary/aromatic N) is 2. The molecule has 6 heteroatoms. The van der Waals surface area contributed by atoms with Crippen molar-refractivity contribution in [3.05, 3.63) is 39.7 Å². The van der Waals surface area contributed by atoms with Gasteiger partial charge in [-0.2, -0.15) is 0 Å². The van der Waals surface area contributed by atoms with E-state index in [-0.39, 0.29) is 6.04 Å². The molecule has 1 fully saturated rings. The summed E-state index contributed by atoms with van der Waals surface area (Å²) in [6.45, 7) is 20.2. The Labute approximate surface area is 199 Å². The van der Waals surface area contributed by atoms with Crippen LogP contribution in [0.1, 0.15) is 66.8 Å². The molecule has 1 heterocycles. The molecule has 178 valence electrons. The number of hydrogen-bond acceptors (Lipinski definition) is 5. The van der Waals surface area contributed by atoms with Gasteiger partial charge in [-0.3, -0.25) is 9.98 Å². The van der Waals surface area contributed by atoms with Crippen molar-refractivity contribution in [3.8, 4) is 0 Å². The molecule has 0 aliphatic heterocycles. The first kappa shape index (κ1) is 26.2. The van der Waals surface area contributed by atoms with Crippen LogP contribution in [0, 0.1) is 18.8 Å². The highest BCUT2D eigenvalue weighted by atomic mass is 32.1. The van der Waals surface area contributed by atoms with Gasteiger partial charge < -0.3 is 16.4 Å². The quantitative estimate of drug-likeness (QED) is 0.260. The van der Waals surface area contributed by atoms with Crippen LogP contribution >= 0.6 is 11.3 Å². The van der Waals surface area contributed by atoms with Crippen LogP contribution in [0.2, 0.25) is 0 Å². The fraction of sp³-hybridized carbons (Fsp3) is 0.615. The van der Waals surface area contributed by atoms with Gasteiger partial charge in [0.2, 0.25) is 0 Å². The number of amidine groups is 1. The van der Waals surface area contributed by atoms with E-state index in [1.165, 1.54) is 46.6 Å². The molecule has 1 aromatic heterocycles. The lowest BCUT2D eigenvalue weighted by molar-refractivity contribution is 0.431. The first-order valence-electron chi connectivity index (χ1n) is 12.0. The molecule has 1 aromatic rings. The molecule has 2 unspecified atom stereocenters. The Bertz CT molecular complexity index is 818. The van der Waals surface area contributed by atoms with Crippen molar-refractivity contribution in [2.75, 3.05) is 20.1 Å². The first-order valence-corrected chi connectivity index (χ1v) is 12.8. The van der Waals surface area contributed by atoms with E-state index in [2.05, 4.69) is 61.3 Å². The molecule has 5 nitrogen and oxygen atoms in total. The van der Waals surface area contributed by atoms with Gasteiger partial charge >= 0.3 is 0 Å². The third kappa shape index (κ3) is 6.96. The standard InChI is InChI=1S/C21H34N4S.C5H9N/c1-7-9-12-25-14(3)19-15(4)26-18-11-10-16(13-17(18)19)20(22-5)21(23-6)24-8-2;1-4(6)5-2-3-5/h16,20,25H,3,5,7-13H2,1-2,4,6H3,(H,23,24);5H,1-3,6H2. The molecule has 2 aliphatic rings. The lowest BCUT2D eigenvalue weighted by Crippen LogP contribution is -2.40. The normalized spacial score (nSPS) is 18.6. The van der Waals surface area contributed by atoms with Gasteiger partial charge in [0, 0.05) is 46.8 Å². The van der Waals surface area contributed by atoms with E-state index in [9.17, 15) is 0 Å².